The number of benzene rings is 1. The molecule has 3 aromatic rings. The summed E-state index contributed by atoms with van der Waals surface area (Å²) in [4.78, 5) is 14.6. The van der Waals surface area contributed by atoms with Crippen molar-refractivity contribution in [2.24, 2.45) is 0 Å². The average Bonchev–Trinajstić information content (AvgIpc) is 2.81. The number of rotatable bonds is 2. The minimum absolute atomic E-state index is 0.0363. The summed E-state index contributed by atoms with van der Waals surface area (Å²) in [6.45, 7) is 0. The Balaban J connectivity index is 2.12. The van der Waals surface area contributed by atoms with Crippen molar-refractivity contribution in [1.29, 1.82) is 0 Å². The van der Waals surface area contributed by atoms with Gasteiger partial charge in [0.25, 0.3) is 0 Å². The van der Waals surface area contributed by atoms with Gasteiger partial charge in [0.2, 0.25) is 5.95 Å². The maximum atomic E-state index is 13.7. The van der Waals surface area contributed by atoms with E-state index in [1.54, 1.807) is 0 Å². The third kappa shape index (κ3) is 2.10. The molecule has 1 aromatic carbocycles. The zero-order valence-electron chi connectivity index (χ0n) is 9.78. The molecule has 0 unspecified atom stereocenters. The molecule has 0 radical (unpaired) electrons. The van der Waals surface area contributed by atoms with Crippen molar-refractivity contribution < 1.29 is 8.78 Å². The van der Waals surface area contributed by atoms with Crippen LogP contribution >= 0.6 is 11.6 Å². The molecule has 3 rings (SSSR count). The number of fused-ring (bicyclic) bond motifs is 1. The summed E-state index contributed by atoms with van der Waals surface area (Å²) in [7, 11) is 0. The number of anilines is 3. The van der Waals surface area contributed by atoms with Gasteiger partial charge in [-0.25, -0.2) is 13.8 Å². The van der Waals surface area contributed by atoms with E-state index in [0.29, 0.717) is 17.2 Å². The Kier molecular flexibility index (Phi) is 2.87. The number of H-pyrrole nitrogens is 1. The first-order chi connectivity index (χ1) is 9.54. The molecule has 0 aliphatic carbocycles. The maximum absolute atomic E-state index is 13.7. The number of aromatic amines is 1. The zero-order valence-corrected chi connectivity index (χ0v) is 10.5. The van der Waals surface area contributed by atoms with Gasteiger partial charge in [0.1, 0.15) is 11.3 Å². The molecule has 0 atom stereocenters. The lowest BCUT2D eigenvalue weighted by Gasteiger charge is -2.09. The summed E-state index contributed by atoms with van der Waals surface area (Å²) < 4.78 is 26.7. The summed E-state index contributed by atoms with van der Waals surface area (Å²) in [5.41, 5.74) is 6.17. The Morgan fingerprint density at radius 1 is 1.25 bits per heavy atom. The van der Waals surface area contributed by atoms with Crippen molar-refractivity contribution in [3.8, 4) is 0 Å². The van der Waals surface area contributed by atoms with Crippen LogP contribution < -0.4 is 11.1 Å². The van der Waals surface area contributed by atoms with E-state index in [4.69, 9.17) is 17.3 Å². The smallest absolute Gasteiger partial charge is 0.224 e. The Morgan fingerprint density at radius 2 is 2.05 bits per heavy atom. The van der Waals surface area contributed by atoms with Gasteiger partial charge in [0.15, 0.2) is 17.3 Å². The summed E-state index contributed by atoms with van der Waals surface area (Å²) in [5.74, 6) is -1.46. The SMILES string of the molecule is Nc1nc(Nc2c(F)cc(F)cc2Cl)c2[nH]cnc2n1. The Bertz CT molecular complexity index is 780. The molecular formula is C11H7ClF2N6. The molecule has 2 aromatic heterocycles. The predicted molar refractivity (Wildman–Crippen MR) is 70.7 cm³/mol. The minimum Gasteiger partial charge on any atom is -0.368 e. The molecule has 20 heavy (non-hydrogen) atoms. The van der Waals surface area contributed by atoms with Crippen LogP contribution in [0.25, 0.3) is 11.2 Å². The van der Waals surface area contributed by atoms with Gasteiger partial charge in [-0.15, -0.1) is 0 Å². The number of imidazole rings is 1. The highest BCUT2D eigenvalue weighted by Gasteiger charge is 2.14. The lowest BCUT2D eigenvalue weighted by Crippen LogP contribution is -2.03. The van der Waals surface area contributed by atoms with Crippen molar-refractivity contribution >= 4 is 40.2 Å². The van der Waals surface area contributed by atoms with Crippen LogP contribution in [0.5, 0.6) is 0 Å². The molecule has 0 spiro atoms. The molecule has 0 bridgehead atoms. The van der Waals surface area contributed by atoms with E-state index in [2.05, 4.69) is 25.3 Å². The number of nitrogen functional groups attached to an aromatic ring is 1. The molecule has 0 amide bonds. The molecule has 4 N–H and O–H groups in total. The largest absolute Gasteiger partial charge is 0.368 e. The highest BCUT2D eigenvalue weighted by atomic mass is 35.5. The van der Waals surface area contributed by atoms with E-state index in [9.17, 15) is 8.78 Å². The molecule has 0 fully saturated rings. The van der Waals surface area contributed by atoms with Gasteiger partial charge < -0.3 is 16.0 Å². The third-order valence-electron chi connectivity index (χ3n) is 2.55. The highest BCUT2D eigenvalue weighted by Crippen LogP contribution is 2.30. The molecule has 0 saturated carbocycles. The summed E-state index contributed by atoms with van der Waals surface area (Å²) in [5, 5.41) is 2.54. The molecule has 0 aliphatic heterocycles. The Hall–Kier alpha value is -2.48. The van der Waals surface area contributed by atoms with Crippen LogP contribution in [0.1, 0.15) is 0 Å². The number of nitrogens with two attached hydrogens (primary N) is 1. The maximum Gasteiger partial charge on any atom is 0.224 e. The normalized spacial score (nSPS) is 10.9. The van der Waals surface area contributed by atoms with Gasteiger partial charge in [-0.3, -0.25) is 0 Å². The van der Waals surface area contributed by atoms with E-state index in [1.165, 1.54) is 6.33 Å². The Labute approximate surface area is 116 Å². The second-order valence-electron chi connectivity index (χ2n) is 3.90. The van der Waals surface area contributed by atoms with E-state index in [1.807, 2.05) is 0 Å². The summed E-state index contributed by atoms with van der Waals surface area (Å²) in [6.07, 6.45) is 1.40. The van der Waals surface area contributed by atoms with Gasteiger partial charge >= 0.3 is 0 Å². The summed E-state index contributed by atoms with van der Waals surface area (Å²) >= 11 is 5.81. The van der Waals surface area contributed by atoms with Crippen molar-refractivity contribution in [3.63, 3.8) is 0 Å². The fourth-order valence-corrected chi connectivity index (χ4v) is 1.96. The van der Waals surface area contributed by atoms with Crippen LogP contribution in [0, 0.1) is 11.6 Å². The van der Waals surface area contributed by atoms with Crippen molar-refractivity contribution in [3.05, 3.63) is 35.1 Å². The van der Waals surface area contributed by atoms with Gasteiger partial charge in [-0.2, -0.15) is 9.97 Å². The first-order valence-corrected chi connectivity index (χ1v) is 5.80. The van der Waals surface area contributed by atoms with Crippen molar-refractivity contribution in [2.45, 2.75) is 0 Å². The van der Waals surface area contributed by atoms with Crippen molar-refractivity contribution in [1.82, 2.24) is 19.9 Å². The number of halogens is 3. The molecule has 0 saturated heterocycles. The topological polar surface area (TPSA) is 92.5 Å². The minimum atomic E-state index is -0.847. The first-order valence-electron chi connectivity index (χ1n) is 5.43. The quantitative estimate of drug-likeness (QED) is 0.676. The standard InChI is InChI=1S/C11H7ClF2N6/c12-5-1-4(13)2-6(14)7(5)18-10-8-9(17-3-16-8)19-11(15)20-10/h1-3H,(H4,15,16,17,18,19,20). The number of aromatic nitrogens is 4. The second-order valence-corrected chi connectivity index (χ2v) is 4.31. The number of nitrogens with one attached hydrogen (secondary N) is 2. The van der Waals surface area contributed by atoms with Crippen LogP contribution in [0.15, 0.2) is 18.5 Å². The van der Waals surface area contributed by atoms with Crippen molar-refractivity contribution in [2.75, 3.05) is 11.1 Å². The van der Waals surface area contributed by atoms with Crippen LogP contribution in [0.4, 0.5) is 26.2 Å². The van der Waals surface area contributed by atoms with E-state index >= 15 is 0 Å². The fraction of sp³-hybridized carbons (Fsp3) is 0. The van der Waals surface area contributed by atoms with Gasteiger partial charge in [-0.05, 0) is 6.07 Å². The number of hydrogen-bond acceptors (Lipinski definition) is 5. The van der Waals surface area contributed by atoms with E-state index in [-0.39, 0.29) is 22.5 Å². The van der Waals surface area contributed by atoms with Gasteiger partial charge in [0, 0.05) is 6.07 Å². The molecule has 2 heterocycles. The van der Waals surface area contributed by atoms with E-state index < -0.39 is 11.6 Å². The van der Waals surface area contributed by atoms with Crippen LogP contribution in [-0.4, -0.2) is 19.9 Å². The first kappa shape index (κ1) is 12.5. The lowest BCUT2D eigenvalue weighted by molar-refractivity contribution is 0.586. The predicted octanol–water partition coefficient (Wildman–Crippen LogP) is 2.61. The molecule has 0 aliphatic rings. The van der Waals surface area contributed by atoms with Gasteiger partial charge in [0.05, 0.1) is 17.0 Å². The van der Waals surface area contributed by atoms with Crippen LogP contribution in [0.3, 0.4) is 0 Å². The fourth-order valence-electron chi connectivity index (χ4n) is 1.72. The second kappa shape index (κ2) is 4.57. The number of nitrogens with zero attached hydrogens (tertiary/aromatic N) is 3. The average molecular weight is 297 g/mol. The number of hydrogen-bond donors (Lipinski definition) is 3. The Morgan fingerprint density at radius 3 is 2.80 bits per heavy atom. The molecule has 9 heteroatoms. The lowest BCUT2D eigenvalue weighted by atomic mass is 10.3. The zero-order chi connectivity index (χ0) is 14.3. The van der Waals surface area contributed by atoms with E-state index in [0.717, 1.165) is 6.07 Å². The molecular weight excluding hydrogens is 290 g/mol. The molecule has 6 nitrogen and oxygen atoms in total. The third-order valence-corrected chi connectivity index (χ3v) is 2.85. The highest BCUT2D eigenvalue weighted by molar-refractivity contribution is 6.33. The van der Waals surface area contributed by atoms with Gasteiger partial charge in [-0.1, -0.05) is 11.6 Å². The summed E-state index contributed by atoms with van der Waals surface area (Å²) in [6, 6.07) is 1.70. The molecule has 102 valence electrons. The van der Waals surface area contributed by atoms with Crippen LogP contribution in [-0.2, 0) is 0 Å². The van der Waals surface area contributed by atoms with Crippen LogP contribution in [0.2, 0.25) is 5.02 Å². The monoisotopic (exact) mass is 296 g/mol.